The molecule has 1 amide bonds. The Labute approximate surface area is 172 Å². The van der Waals surface area contributed by atoms with Crippen molar-refractivity contribution in [3.05, 3.63) is 40.0 Å². The molecule has 10 heteroatoms. The lowest BCUT2D eigenvalue weighted by Gasteiger charge is -2.19. The van der Waals surface area contributed by atoms with Crippen LogP contribution in [0.1, 0.15) is 60.7 Å². The molecule has 0 bridgehead atoms. The van der Waals surface area contributed by atoms with Gasteiger partial charge in [-0.2, -0.15) is 4.98 Å². The SMILES string of the molecule is CC(C)C(NC(=O)c1ccc(Br)c(S(=O)(=O)N(C)C)c1)c1nc(C2CC2)no1. The van der Waals surface area contributed by atoms with E-state index in [1.54, 1.807) is 12.1 Å². The molecule has 2 aromatic rings. The Hall–Kier alpha value is -1.78. The topological polar surface area (TPSA) is 105 Å². The van der Waals surface area contributed by atoms with Crippen LogP contribution in [0, 0.1) is 5.92 Å². The first kappa shape index (κ1) is 20.9. The second-order valence-electron chi connectivity index (χ2n) is 7.39. The molecule has 1 aliphatic rings. The summed E-state index contributed by atoms with van der Waals surface area (Å²) >= 11 is 3.25. The molecule has 1 unspecified atom stereocenters. The second-order valence-corrected chi connectivity index (χ2v) is 10.4. The smallest absolute Gasteiger partial charge is 0.251 e. The third-order valence-electron chi connectivity index (χ3n) is 4.57. The molecule has 1 atom stereocenters. The highest BCUT2D eigenvalue weighted by Gasteiger charge is 2.32. The predicted octanol–water partition coefficient (Wildman–Crippen LogP) is 3.09. The zero-order chi connectivity index (χ0) is 20.6. The Bertz CT molecular complexity index is 983. The fourth-order valence-corrected chi connectivity index (χ4v) is 4.50. The van der Waals surface area contributed by atoms with Crippen LogP contribution in [0.5, 0.6) is 0 Å². The number of hydrogen-bond donors (Lipinski definition) is 1. The van der Waals surface area contributed by atoms with Crippen LogP contribution in [-0.2, 0) is 10.0 Å². The van der Waals surface area contributed by atoms with E-state index in [-0.39, 0.29) is 16.4 Å². The van der Waals surface area contributed by atoms with Crippen molar-refractivity contribution >= 4 is 31.9 Å². The van der Waals surface area contributed by atoms with E-state index in [2.05, 4.69) is 31.4 Å². The summed E-state index contributed by atoms with van der Waals surface area (Å²) in [4.78, 5) is 17.3. The monoisotopic (exact) mass is 470 g/mol. The van der Waals surface area contributed by atoms with Crippen LogP contribution in [0.15, 0.2) is 32.1 Å². The summed E-state index contributed by atoms with van der Waals surface area (Å²) in [6, 6.07) is 4.00. The Kier molecular flexibility index (Phi) is 5.92. The maximum Gasteiger partial charge on any atom is 0.251 e. The number of carbonyl (C=O) groups excluding carboxylic acids is 1. The zero-order valence-electron chi connectivity index (χ0n) is 16.1. The minimum absolute atomic E-state index is 0.0110. The first-order chi connectivity index (χ1) is 13.1. The number of aromatic nitrogens is 2. The van der Waals surface area contributed by atoms with Gasteiger partial charge in [0.2, 0.25) is 15.9 Å². The van der Waals surface area contributed by atoms with Gasteiger partial charge in [-0.3, -0.25) is 4.79 Å². The van der Waals surface area contributed by atoms with Crippen molar-refractivity contribution in [1.29, 1.82) is 0 Å². The molecular formula is C18H23BrN4O4S. The molecule has 1 aromatic carbocycles. The van der Waals surface area contributed by atoms with Gasteiger partial charge in [0.15, 0.2) is 5.82 Å². The molecular weight excluding hydrogens is 448 g/mol. The molecule has 1 aliphatic carbocycles. The molecule has 8 nitrogen and oxygen atoms in total. The van der Waals surface area contributed by atoms with Crippen LogP contribution in [0.2, 0.25) is 0 Å². The summed E-state index contributed by atoms with van der Waals surface area (Å²) in [6.07, 6.45) is 2.11. The van der Waals surface area contributed by atoms with Crippen molar-refractivity contribution in [2.75, 3.05) is 14.1 Å². The highest BCUT2D eigenvalue weighted by atomic mass is 79.9. The standard InChI is InChI=1S/C18H23BrN4O4S/c1-10(2)15(18-21-16(22-27-18)11-5-6-11)20-17(24)12-7-8-13(19)14(9-12)28(25,26)23(3)4/h7-11,15H,5-6H2,1-4H3,(H,20,24). The van der Waals surface area contributed by atoms with Crippen LogP contribution < -0.4 is 5.32 Å². The van der Waals surface area contributed by atoms with Crippen LogP contribution in [0.3, 0.4) is 0 Å². The number of rotatable bonds is 7. The molecule has 1 fully saturated rings. The van der Waals surface area contributed by atoms with E-state index in [1.165, 1.54) is 20.2 Å². The highest BCUT2D eigenvalue weighted by Crippen LogP contribution is 2.38. The van der Waals surface area contributed by atoms with Gasteiger partial charge in [0.1, 0.15) is 6.04 Å². The molecule has 1 saturated carbocycles. The first-order valence-electron chi connectivity index (χ1n) is 8.97. The summed E-state index contributed by atoms with van der Waals surface area (Å²) in [5, 5.41) is 6.90. The van der Waals surface area contributed by atoms with Gasteiger partial charge in [-0.25, -0.2) is 12.7 Å². The maximum absolute atomic E-state index is 12.8. The number of sulfonamides is 1. The van der Waals surface area contributed by atoms with Crippen molar-refractivity contribution in [2.24, 2.45) is 5.92 Å². The number of amides is 1. The molecule has 0 spiro atoms. The fourth-order valence-electron chi connectivity index (χ4n) is 2.66. The normalized spacial score (nSPS) is 15.8. The zero-order valence-corrected chi connectivity index (χ0v) is 18.5. The minimum Gasteiger partial charge on any atom is -0.340 e. The predicted molar refractivity (Wildman–Crippen MR) is 106 cm³/mol. The Morgan fingerprint density at radius 3 is 2.57 bits per heavy atom. The molecule has 0 radical (unpaired) electrons. The van der Waals surface area contributed by atoms with Gasteiger partial charge in [0.25, 0.3) is 5.91 Å². The van der Waals surface area contributed by atoms with Gasteiger partial charge in [-0.05, 0) is 52.9 Å². The van der Waals surface area contributed by atoms with Gasteiger partial charge in [0.05, 0.1) is 4.90 Å². The Balaban J connectivity index is 1.86. The number of halogens is 1. The molecule has 152 valence electrons. The third kappa shape index (κ3) is 4.28. The fraction of sp³-hybridized carbons (Fsp3) is 0.500. The van der Waals surface area contributed by atoms with Crippen molar-refractivity contribution < 1.29 is 17.7 Å². The number of nitrogens with zero attached hydrogens (tertiary/aromatic N) is 3. The van der Waals surface area contributed by atoms with Gasteiger partial charge in [-0.1, -0.05) is 19.0 Å². The van der Waals surface area contributed by atoms with Crippen LogP contribution in [0.4, 0.5) is 0 Å². The van der Waals surface area contributed by atoms with E-state index in [0.717, 1.165) is 17.1 Å². The second kappa shape index (κ2) is 7.92. The molecule has 1 heterocycles. The first-order valence-corrected chi connectivity index (χ1v) is 11.2. The molecule has 3 rings (SSSR count). The average molecular weight is 471 g/mol. The lowest BCUT2D eigenvalue weighted by atomic mass is 10.0. The van der Waals surface area contributed by atoms with E-state index in [1.807, 2.05) is 13.8 Å². The lowest BCUT2D eigenvalue weighted by molar-refractivity contribution is 0.0913. The molecule has 0 saturated heterocycles. The summed E-state index contributed by atoms with van der Waals surface area (Å²) in [5.74, 6) is 0.997. The van der Waals surface area contributed by atoms with Crippen LogP contribution >= 0.6 is 15.9 Å². The van der Waals surface area contributed by atoms with Crippen molar-refractivity contribution in [1.82, 2.24) is 19.8 Å². The quantitative estimate of drug-likeness (QED) is 0.666. The Morgan fingerprint density at radius 1 is 1.32 bits per heavy atom. The third-order valence-corrected chi connectivity index (χ3v) is 7.38. The van der Waals surface area contributed by atoms with E-state index in [0.29, 0.717) is 22.1 Å². The molecule has 1 N–H and O–H groups in total. The van der Waals surface area contributed by atoms with Gasteiger partial charge >= 0.3 is 0 Å². The highest BCUT2D eigenvalue weighted by molar-refractivity contribution is 9.10. The number of carbonyl (C=O) groups is 1. The van der Waals surface area contributed by atoms with Gasteiger partial charge in [0, 0.05) is 30.0 Å². The van der Waals surface area contributed by atoms with Crippen molar-refractivity contribution in [3.8, 4) is 0 Å². The van der Waals surface area contributed by atoms with Crippen molar-refractivity contribution in [3.63, 3.8) is 0 Å². The number of hydrogen-bond acceptors (Lipinski definition) is 6. The maximum atomic E-state index is 12.8. The van der Waals surface area contributed by atoms with E-state index in [4.69, 9.17) is 4.52 Å². The number of nitrogens with one attached hydrogen (secondary N) is 1. The number of benzene rings is 1. The average Bonchev–Trinajstić information content (AvgIpc) is 3.37. The largest absolute Gasteiger partial charge is 0.340 e. The Morgan fingerprint density at radius 2 is 2.00 bits per heavy atom. The van der Waals surface area contributed by atoms with Crippen LogP contribution in [-0.4, -0.2) is 42.9 Å². The van der Waals surface area contributed by atoms with Crippen LogP contribution in [0.25, 0.3) is 0 Å². The van der Waals surface area contributed by atoms with Crippen molar-refractivity contribution in [2.45, 2.75) is 43.5 Å². The van der Waals surface area contributed by atoms with E-state index >= 15 is 0 Å². The van der Waals surface area contributed by atoms with Gasteiger partial charge in [-0.15, -0.1) is 0 Å². The summed E-state index contributed by atoms with van der Waals surface area (Å²) in [5.41, 5.74) is 0.233. The lowest BCUT2D eigenvalue weighted by Crippen LogP contribution is -2.32. The molecule has 0 aliphatic heterocycles. The summed E-state index contributed by atoms with van der Waals surface area (Å²) < 4.78 is 31.8. The minimum atomic E-state index is -3.69. The molecule has 28 heavy (non-hydrogen) atoms. The molecule has 1 aromatic heterocycles. The summed E-state index contributed by atoms with van der Waals surface area (Å²) in [7, 11) is -0.813. The van der Waals surface area contributed by atoms with E-state index in [9.17, 15) is 13.2 Å². The van der Waals surface area contributed by atoms with Gasteiger partial charge < -0.3 is 9.84 Å². The summed E-state index contributed by atoms with van der Waals surface area (Å²) in [6.45, 7) is 3.88. The van der Waals surface area contributed by atoms with E-state index < -0.39 is 22.0 Å².